The van der Waals surface area contributed by atoms with Crippen molar-refractivity contribution in [2.45, 2.75) is 37.8 Å². The maximum Gasteiger partial charge on any atom is 0.239 e. The van der Waals surface area contributed by atoms with Crippen molar-refractivity contribution in [1.29, 1.82) is 0 Å². The number of likely N-dealkylation sites (N-methyl/N-ethyl adjacent to an activating group) is 1. The van der Waals surface area contributed by atoms with Gasteiger partial charge < -0.3 is 15.5 Å². The standard InChI is InChI=1S/C11H21N3O/c1-14-7-5-10(11(14)15)13-8-9-4-2-3-6-12-9/h9-10,12-13H,2-8H2,1H3. The molecule has 4 heteroatoms. The summed E-state index contributed by atoms with van der Waals surface area (Å²) < 4.78 is 0. The summed E-state index contributed by atoms with van der Waals surface area (Å²) in [6, 6.07) is 0.635. The van der Waals surface area contributed by atoms with Crippen LogP contribution < -0.4 is 10.6 Å². The molecule has 2 fully saturated rings. The normalized spacial score (nSPS) is 32.3. The van der Waals surface area contributed by atoms with Crippen molar-refractivity contribution in [3.63, 3.8) is 0 Å². The maximum absolute atomic E-state index is 11.6. The van der Waals surface area contributed by atoms with Gasteiger partial charge in [-0.05, 0) is 25.8 Å². The van der Waals surface area contributed by atoms with E-state index in [4.69, 9.17) is 0 Å². The van der Waals surface area contributed by atoms with Crippen molar-refractivity contribution < 1.29 is 4.79 Å². The van der Waals surface area contributed by atoms with Crippen LogP contribution in [0.1, 0.15) is 25.7 Å². The second-order valence-corrected chi connectivity index (χ2v) is 4.66. The summed E-state index contributed by atoms with van der Waals surface area (Å²) in [6.45, 7) is 2.96. The van der Waals surface area contributed by atoms with Crippen LogP contribution in [-0.2, 0) is 4.79 Å². The number of hydrogen-bond donors (Lipinski definition) is 2. The van der Waals surface area contributed by atoms with Gasteiger partial charge in [-0.1, -0.05) is 6.42 Å². The molecule has 2 heterocycles. The zero-order valence-electron chi connectivity index (χ0n) is 9.46. The van der Waals surface area contributed by atoms with Gasteiger partial charge in [0.15, 0.2) is 0 Å². The zero-order valence-corrected chi connectivity index (χ0v) is 9.46. The van der Waals surface area contributed by atoms with Gasteiger partial charge in [-0.25, -0.2) is 0 Å². The topological polar surface area (TPSA) is 44.4 Å². The lowest BCUT2D eigenvalue weighted by Gasteiger charge is -2.25. The molecule has 0 saturated carbocycles. The monoisotopic (exact) mass is 211 g/mol. The van der Waals surface area contributed by atoms with E-state index in [2.05, 4.69) is 10.6 Å². The van der Waals surface area contributed by atoms with Crippen molar-refractivity contribution in [2.75, 3.05) is 26.7 Å². The Hall–Kier alpha value is -0.610. The Morgan fingerprint density at radius 3 is 2.93 bits per heavy atom. The molecule has 0 spiro atoms. The second-order valence-electron chi connectivity index (χ2n) is 4.66. The van der Waals surface area contributed by atoms with E-state index in [0.29, 0.717) is 6.04 Å². The predicted octanol–water partition coefficient (Wildman–Crippen LogP) is -0.0512. The van der Waals surface area contributed by atoms with E-state index in [0.717, 1.165) is 26.1 Å². The van der Waals surface area contributed by atoms with Crippen LogP contribution in [-0.4, -0.2) is 49.6 Å². The number of carbonyl (C=O) groups is 1. The maximum atomic E-state index is 11.6. The van der Waals surface area contributed by atoms with Crippen LogP contribution in [0, 0.1) is 0 Å². The lowest BCUT2D eigenvalue weighted by molar-refractivity contribution is -0.128. The predicted molar refractivity (Wildman–Crippen MR) is 59.7 cm³/mol. The molecule has 0 aromatic carbocycles. The van der Waals surface area contributed by atoms with Gasteiger partial charge in [-0.15, -0.1) is 0 Å². The number of piperidine rings is 1. The van der Waals surface area contributed by atoms with Gasteiger partial charge in [-0.3, -0.25) is 4.79 Å². The molecule has 2 aliphatic heterocycles. The summed E-state index contributed by atoms with van der Waals surface area (Å²) in [5.74, 6) is 0.255. The van der Waals surface area contributed by atoms with Crippen LogP contribution in [0.15, 0.2) is 0 Å². The number of hydrogen-bond acceptors (Lipinski definition) is 3. The summed E-state index contributed by atoms with van der Waals surface area (Å²) >= 11 is 0. The first-order valence-corrected chi connectivity index (χ1v) is 5.99. The Labute approximate surface area is 91.4 Å². The summed E-state index contributed by atoms with van der Waals surface area (Å²) in [5, 5.41) is 6.86. The van der Waals surface area contributed by atoms with E-state index < -0.39 is 0 Å². The van der Waals surface area contributed by atoms with Gasteiger partial charge >= 0.3 is 0 Å². The number of amides is 1. The lowest BCUT2D eigenvalue weighted by atomic mass is 10.0. The van der Waals surface area contributed by atoms with E-state index in [1.807, 2.05) is 11.9 Å². The highest BCUT2D eigenvalue weighted by molar-refractivity contribution is 5.83. The summed E-state index contributed by atoms with van der Waals surface area (Å²) in [4.78, 5) is 13.4. The molecule has 2 N–H and O–H groups in total. The van der Waals surface area contributed by atoms with Crippen molar-refractivity contribution in [3.05, 3.63) is 0 Å². The first-order valence-electron chi connectivity index (χ1n) is 5.99. The van der Waals surface area contributed by atoms with Crippen LogP contribution in [0.5, 0.6) is 0 Å². The first kappa shape index (κ1) is 10.9. The Morgan fingerprint density at radius 2 is 2.33 bits per heavy atom. The van der Waals surface area contributed by atoms with Crippen molar-refractivity contribution >= 4 is 5.91 Å². The minimum absolute atomic E-state index is 0.0683. The van der Waals surface area contributed by atoms with Gasteiger partial charge in [-0.2, -0.15) is 0 Å². The smallest absolute Gasteiger partial charge is 0.239 e. The second kappa shape index (κ2) is 4.94. The van der Waals surface area contributed by atoms with Gasteiger partial charge in [0.1, 0.15) is 0 Å². The Balaban J connectivity index is 1.71. The van der Waals surface area contributed by atoms with Crippen molar-refractivity contribution in [3.8, 4) is 0 Å². The Kier molecular flexibility index (Phi) is 3.59. The molecule has 2 saturated heterocycles. The molecule has 0 aromatic rings. The fraction of sp³-hybridized carbons (Fsp3) is 0.909. The largest absolute Gasteiger partial charge is 0.344 e. The van der Waals surface area contributed by atoms with Crippen LogP contribution in [0.4, 0.5) is 0 Å². The Morgan fingerprint density at radius 1 is 1.47 bits per heavy atom. The van der Waals surface area contributed by atoms with Crippen LogP contribution in [0.25, 0.3) is 0 Å². The molecule has 0 aliphatic carbocycles. The van der Waals surface area contributed by atoms with E-state index in [1.165, 1.54) is 19.3 Å². The van der Waals surface area contributed by atoms with E-state index in [1.54, 1.807) is 0 Å². The number of likely N-dealkylation sites (tertiary alicyclic amines) is 1. The summed E-state index contributed by atoms with van der Waals surface area (Å²) in [6.07, 6.45) is 4.81. The number of nitrogens with one attached hydrogen (secondary N) is 2. The number of carbonyl (C=O) groups excluding carboxylic acids is 1. The van der Waals surface area contributed by atoms with E-state index in [9.17, 15) is 4.79 Å². The van der Waals surface area contributed by atoms with Crippen molar-refractivity contribution in [2.24, 2.45) is 0 Å². The molecule has 0 radical (unpaired) electrons. The minimum atomic E-state index is 0.0683. The van der Waals surface area contributed by atoms with Gasteiger partial charge in [0.2, 0.25) is 5.91 Å². The highest BCUT2D eigenvalue weighted by atomic mass is 16.2. The SMILES string of the molecule is CN1CCC(NCC2CCCCN2)C1=O. The quantitative estimate of drug-likeness (QED) is 0.688. The zero-order chi connectivity index (χ0) is 10.7. The van der Waals surface area contributed by atoms with Gasteiger partial charge in [0.05, 0.1) is 6.04 Å². The third kappa shape index (κ3) is 2.69. The van der Waals surface area contributed by atoms with Crippen LogP contribution in [0.3, 0.4) is 0 Å². The number of rotatable bonds is 3. The highest BCUT2D eigenvalue weighted by Gasteiger charge is 2.28. The van der Waals surface area contributed by atoms with Crippen molar-refractivity contribution in [1.82, 2.24) is 15.5 Å². The molecule has 86 valence electrons. The minimum Gasteiger partial charge on any atom is -0.344 e. The molecule has 1 amide bonds. The summed E-state index contributed by atoms with van der Waals surface area (Å²) in [7, 11) is 1.88. The molecular formula is C11H21N3O. The van der Waals surface area contributed by atoms with Gasteiger partial charge in [0.25, 0.3) is 0 Å². The molecule has 2 rings (SSSR count). The molecule has 2 aliphatic rings. The Bertz CT molecular complexity index is 226. The number of nitrogens with zero attached hydrogens (tertiary/aromatic N) is 1. The molecule has 2 unspecified atom stereocenters. The van der Waals surface area contributed by atoms with Crippen LogP contribution in [0.2, 0.25) is 0 Å². The molecule has 2 atom stereocenters. The fourth-order valence-corrected chi connectivity index (χ4v) is 2.39. The van der Waals surface area contributed by atoms with Gasteiger partial charge in [0, 0.05) is 26.2 Å². The summed E-state index contributed by atoms with van der Waals surface area (Å²) in [5.41, 5.74) is 0. The lowest BCUT2D eigenvalue weighted by Crippen LogP contribution is -2.46. The average molecular weight is 211 g/mol. The van der Waals surface area contributed by atoms with Crippen LogP contribution >= 0.6 is 0 Å². The third-order valence-electron chi connectivity index (χ3n) is 3.45. The van der Waals surface area contributed by atoms with E-state index in [-0.39, 0.29) is 11.9 Å². The van der Waals surface area contributed by atoms with E-state index >= 15 is 0 Å². The highest BCUT2D eigenvalue weighted by Crippen LogP contribution is 2.10. The molecule has 0 bridgehead atoms. The first-order chi connectivity index (χ1) is 7.27. The molecule has 15 heavy (non-hydrogen) atoms. The molecule has 4 nitrogen and oxygen atoms in total. The third-order valence-corrected chi connectivity index (χ3v) is 3.45. The average Bonchev–Trinajstić information content (AvgIpc) is 2.59. The fourth-order valence-electron chi connectivity index (χ4n) is 2.39. The molecule has 0 aromatic heterocycles. The molecular weight excluding hydrogens is 190 g/mol.